The van der Waals surface area contributed by atoms with Crippen molar-refractivity contribution in [2.24, 2.45) is 33.9 Å². The molecule has 1 spiro atoms. The first-order chi connectivity index (χ1) is 7.19. The van der Waals surface area contributed by atoms with Crippen LogP contribution in [0.3, 0.4) is 0 Å². The topological polar surface area (TPSA) is 43.2 Å². The maximum Gasteiger partial charge on any atom is 0.286 e. The quantitative estimate of drug-likeness (QED) is 0.662. The number of hydrogen-bond acceptors (Lipinski definition) is 4. The highest BCUT2D eigenvalue weighted by Gasteiger charge is 2.74. The maximum absolute atomic E-state index is 6.08. The molecule has 3 aliphatic carbocycles. The summed E-state index contributed by atoms with van der Waals surface area (Å²) in [5.74, 6) is 2.17. The lowest BCUT2D eigenvalue weighted by atomic mass is 9.96. The molecule has 1 aliphatic heterocycles. The minimum atomic E-state index is -0.822. The third-order valence-corrected chi connectivity index (χ3v) is 4.90. The molecule has 0 N–H and O–H groups in total. The standard InChI is InChI=1S/C11H16N2O2/c1-10(14-2)12-13-11(15-10)8-3-4-9(11)7-5-6(7)8/h6-9H,3-5H2,1-2H3/t6-,7+,8-,9+,10?,11?. The summed E-state index contributed by atoms with van der Waals surface area (Å²) in [6.07, 6.45) is 3.94. The van der Waals surface area contributed by atoms with Crippen LogP contribution in [0.2, 0.25) is 0 Å². The first kappa shape index (κ1) is 8.65. The van der Waals surface area contributed by atoms with E-state index >= 15 is 0 Å². The van der Waals surface area contributed by atoms with E-state index in [1.165, 1.54) is 19.3 Å². The van der Waals surface area contributed by atoms with E-state index in [-0.39, 0.29) is 5.72 Å². The number of hydrogen-bond donors (Lipinski definition) is 0. The lowest BCUT2D eigenvalue weighted by molar-refractivity contribution is -0.250. The van der Waals surface area contributed by atoms with E-state index in [4.69, 9.17) is 9.47 Å². The van der Waals surface area contributed by atoms with Crippen molar-refractivity contribution in [3.05, 3.63) is 0 Å². The van der Waals surface area contributed by atoms with Gasteiger partial charge in [0.05, 0.1) is 0 Å². The average Bonchev–Trinajstić information content (AvgIpc) is 2.82. The second-order valence-electron chi connectivity index (χ2n) is 5.51. The van der Waals surface area contributed by atoms with Gasteiger partial charge in [-0.2, -0.15) is 5.11 Å². The van der Waals surface area contributed by atoms with Gasteiger partial charge in [-0.3, -0.25) is 4.74 Å². The van der Waals surface area contributed by atoms with Gasteiger partial charge in [-0.15, -0.1) is 5.11 Å². The van der Waals surface area contributed by atoms with Gasteiger partial charge in [-0.25, -0.2) is 0 Å². The molecule has 1 heterocycles. The van der Waals surface area contributed by atoms with Gasteiger partial charge in [-0.05, 0) is 31.1 Å². The van der Waals surface area contributed by atoms with Crippen LogP contribution < -0.4 is 0 Å². The molecule has 0 aromatic heterocycles. The first-order valence-corrected chi connectivity index (χ1v) is 5.88. The highest BCUT2D eigenvalue weighted by atomic mass is 16.7. The van der Waals surface area contributed by atoms with Crippen molar-refractivity contribution in [2.45, 2.75) is 37.8 Å². The van der Waals surface area contributed by atoms with E-state index in [1.807, 2.05) is 6.92 Å². The molecule has 82 valence electrons. The van der Waals surface area contributed by atoms with E-state index in [2.05, 4.69) is 10.2 Å². The Bertz CT molecular complexity index is 340. The second kappa shape index (κ2) is 2.28. The van der Waals surface area contributed by atoms with Gasteiger partial charge in [0.2, 0.25) is 0 Å². The molecule has 0 amide bonds. The van der Waals surface area contributed by atoms with Gasteiger partial charge in [0.15, 0.2) is 5.72 Å². The molecule has 4 rings (SSSR count). The predicted octanol–water partition coefficient (Wildman–Crippen LogP) is 2.16. The molecule has 4 heteroatoms. The summed E-state index contributed by atoms with van der Waals surface area (Å²) in [6, 6.07) is 0. The van der Waals surface area contributed by atoms with E-state index in [9.17, 15) is 0 Å². The molecule has 3 fully saturated rings. The normalized spacial score (nSPS) is 64.1. The Balaban J connectivity index is 1.72. The fourth-order valence-electron chi connectivity index (χ4n) is 4.15. The van der Waals surface area contributed by atoms with Gasteiger partial charge in [0, 0.05) is 25.9 Å². The van der Waals surface area contributed by atoms with Crippen molar-refractivity contribution in [1.29, 1.82) is 0 Å². The molecule has 0 saturated heterocycles. The van der Waals surface area contributed by atoms with Crippen LogP contribution in [0.15, 0.2) is 10.2 Å². The van der Waals surface area contributed by atoms with Crippen LogP contribution in [-0.2, 0) is 9.47 Å². The summed E-state index contributed by atoms with van der Waals surface area (Å²) in [4.78, 5) is 0. The minimum Gasteiger partial charge on any atom is -0.334 e. The molecule has 3 saturated carbocycles. The summed E-state index contributed by atoms with van der Waals surface area (Å²) >= 11 is 0. The number of methoxy groups -OCH3 is 1. The number of nitrogens with zero attached hydrogens (tertiary/aromatic N) is 2. The molecular formula is C11H16N2O2. The van der Waals surface area contributed by atoms with Gasteiger partial charge in [0.1, 0.15) is 0 Å². The van der Waals surface area contributed by atoms with Crippen molar-refractivity contribution in [3.8, 4) is 0 Å². The Morgan fingerprint density at radius 3 is 2.40 bits per heavy atom. The van der Waals surface area contributed by atoms with Crippen LogP contribution >= 0.6 is 0 Å². The van der Waals surface area contributed by atoms with Crippen LogP contribution in [0.1, 0.15) is 26.2 Å². The van der Waals surface area contributed by atoms with Crippen LogP contribution in [-0.4, -0.2) is 18.7 Å². The number of rotatable bonds is 1. The smallest absolute Gasteiger partial charge is 0.286 e. The molecule has 6 atom stereocenters. The van der Waals surface area contributed by atoms with Crippen LogP contribution in [0.4, 0.5) is 0 Å². The summed E-state index contributed by atoms with van der Waals surface area (Å²) in [6.45, 7) is 1.86. The summed E-state index contributed by atoms with van der Waals surface area (Å²) in [5.41, 5.74) is -0.293. The molecule has 4 aliphatic rings. The molecule has 2 unspecified atom stereocenters. The molecule has 0 radical (unpaired) electrons. The van der Waals surface area contributed by atoms with Crippen LogP contribution in [0, 0.1) is 23.7 Å². The average molecular weight is 208 g/mol. The zero-order chi connectivity index (χ0) is 10.3. The third-order valence-electron chi connectivity index (χ3n) is 4.90. The Morgan fingerprint density at radius 2 is 1.87 bits per heavy atom. The predicted molar refractivity (Wildman–Crippen MR) is 51.9 cm³/mol. The van der Waals surface area contributed by atoms with Crippen LogP contribution in [0.25, 0.3) is 0 Å². The maximum atomic E-state index is 6.08. The summed E-state index contributed by atoms with van der Waals surface area (Å²) in [5, 5.41) is 8.67. The lowest BCUT2D eigenvalue weighted by Gasteiger charge is -2.30. The van der Waals surface area contributed by atoms with E-state index in [1.54, 1.807) is 7.11 Å². The fraction of sp³-hybridized carbons (Fsp3) is 1.00. The van der Waals surface area contributed by atoms with Crippen molar-refractivity contribution in [3.63, 3.8) is 0 Å². The summed E-state index contributed by atoms with van der Waals surface area (Å²) in [7, 11) is 1.63. The highest BCUT2D eigenvalue weighted by Crippen LogP contribution is 2.72. The minimum absolute atomic E-state index is 0.293. The zero-order valence-electron chi connectivity index (χ0n) is 9.14. The van der Waals surface area contributed by atoms with Crippen molar-refractivity contribution in [1.82, 2.24) is 0 Å². The highest BCUT2D eigenvalue weighted by molar-refractivity contribution is 5.19. The Labute approximate surface area is 89.0 Å². The molecule has 4 nitrogen and oxygen atoms in total. The fourth-order valence-corrected chi connectivity index (χ4v) is 4.15. The number of ether oxygens (including phenoxy) is 2. The molecule has 15 heavy (non-hydrogen) atoms. The van der Waals surface area contributed by atoms with Crippen molar-refractivity contribution in [2.75, 3.05) is 7.11 Å². The van der Waals surface area contributed by atoms with Gasteiger partial charge in [0.25, 0.3) is 5.91 Å². The zero-order valence-corrected chi connectivity index (χ0v) is 9.14. The molecule has 0 aromatic carbocycles. The Kier molecular flexibility index (Phi) is 1.31. The third kappa shape index (κ3) is 0.829. The van der Waals surface area contributed by atoms with E-state index in [0.29, 0.717) is 11.8 Å². The number of fused-ring (bicyclic) bond motifs is 3. The van der Waals surface area contributed by atoms with Crippen molar-refractivity contribution >= 4 is 0 Å². The molecular weight excluding hydrogens is 192 g/mol. The van der Waals surface area contributed by atoms with E-state index in [0.717, 1.165) is 11.8 Å². The second-order valence-corrected chi connectivity index (χ2v) is 5.51. The SMILES string of the molecule is COC1(C)N=NC2(O1)[C@@H]1CC[C@H]2[C@H]2C[C@H]21. The monoisotopic (exact) mass is 208 g/mol. The Morgan fingerprint density at radius 1 is 1.20 bits per heavy atom. The number of azo groups is 1. The molecule has 2 bridgehead atoms. The van der Waals surface area contributed by atoms with E-state index < -0.39 is 5.91 Å². The van der Waals surface area contributed by atoms with Gasteiger partial charge < -0.3 is 4.74 Å². The Hall–Kier alpha value is -0.480. The van der Waals surface area contributed by atoms with Gasteiger partial charge >= 0.3 is 0 Å². The van der Waals surface area contributed by atoms with Crippen LogP contribution in [0.5, 0.6) is 0 Å². The van der Waals surface area contributed by atoms with Gasteiger partial charge in [-0.1, -0.05) is 0 Å². The summed E-state index contributed by atoms with van der Waals surface area (Å²) < 4.78 is 11.4. The largest absolute Gasteiger partial charge is 0.334 e. The first-order valence-electron chi connectivity index (χ1n) is 5.88. The molecule has 0 aromatic rings. The van der Waals surface area contributed by atoms with Crippen molar-refractivity contribution < 1.29 is 9.47 Å². The lowest BCUT2D eigenvalue weighted by Crippen LogP contribution is -2.41.